The molecule has 0 unspecified atom stereocenters. The standard InChI is InChI=1S/C42H36Br4N2O4/c1-47(2)33-13-9-7-11-29(33)31(25-15-19-27(50-5)20-16-25)23-42(36-35(41(49)52-42)37(43)39(45)40(46)38(36)44)24-32(26-17-21-28(51-6)22-18-26)30-12-8-10-14-34(30)48(3)4/h7-24H,1-6H3. The molecule has 10 heteroatoms. The van der Waals surface area contributed by atoms with Crippen LogP contribution in [0.15, 0.2) is 127 Å². The Hall–Kier alpha value is -3.83. The summed E-state index contributed by atoms with van der Waals surface area (Å²) in [6.07, 6.45) is 4.14. The second-order valence-electron chi connectivity index (χ2n) is 12.6. The topological polar surface area (TPSA) is 51.2 Å². The number of cyclic esters (lactones) is 1. The molecule has 0 aliphatic carbocycles. The number of carbonyl (C=O) groups excluding carboxylic acids is 1. The number of rotatable bonds is 10. The highest BCUT2D eigenvalue weighted by Gasteiger charge is 2.48. The van der Waals surface area contributed by atoms with Gasteiger partial charge in [-0.15, -0.1) is 0 Å². The fourth-order valence-corrected chi connectivity index (χ4v) is 9.07. The van der Waals surface area contributed by atoms with Gasteiger partial charge in [0, 0.05) is 74.1 Å². The van der Waals surface area contributed by atoms with E-state index in [0.29, 0.717) is 24.5 Å². The Kier molecular flexibility index (Phi) is 11.4. The number of methoxy groups -OCH3 is 2. The Bertz CT molecular complexity index is 2100. The fraction of sp³-hybridized carbons (Fsp3) is 0.167. The second kappa shape index (κ2) is 15.6. The van der Waals surface area contributed by atoms with Gasteiger partial charge < -0.3 is 24.0 Å². The van der Waals surface area contributed by atoms with Crippen molar-refractivity contribution in [3.63, 3.8) is 0 Å². The summed E-state index contributed by atoms with van der Waals surface area (Å²) in [7, 11) is 11.4. The molecule has 0 saturated carbocycles. The molecule has 0 fully saturated rings. The molecule has 0 amide bonds. The highest BCUT2D eigenvalue weighted by atomic mass is 79.9. The van der Waals surface area contributed by atoms with Crippen LogP contribution in [0.1, 0.15) is 38.2 Å². The van der Waals surface area contributed by atoms with Gasteiger partial charge in [-0.05, 0) is 135 Å². The van der Waals surface area contributed by atoms with Crippen LogP contribution < -0.4 is 19.3 Å². The molecule has 6 nitrogen and oxygen atoms in total. The Morgan fingerprint density at radius 2 is 1.00 bits per heavy atom. The zero-order chi connectivity index (χ0) is 37.3. The molecule has 5 aromatic carbocycles. The maximum Gasteiger partial charge on any atom is 0.341 e. The number of carbonyl (C=O) groups is 1. The minimum Gasteiger partial charge on any atom is -0.497 e. The minimum atomic E-state index is -1.43. The first kappa shape index (κ1) is 37.9. The first-order valence-corrected chi connectivity index (χ1v) is 19.5. The number of para-hydroxylation sites is 2. The number of anilines is 2. The first-order valence-electron chi connectivity index (χ1n) is 16.3. The molecule has 6 rings (SSSR count). The predicted molar refractivity (Wildman–Crippen MR) is 226 cm³/mol. The predicted octanol–water partition coefficient (Wildman–Crippen LogP) is 11.5. The van der Waals surface area contributed by atoms with Crippen molar-refractivity contribution in [3.8, 4) is 11.5 Å². The average Bonchev–Trinajstić information content (AvgIpc) is 3.45. The number of fused-ring (bicyclic) bond motifs is 1. The van der Waals surface area contributed by atoms with Crippen LogP contribution in [0.3, 0.4) is 0 Å². The van der Waals surface area contributed by atoms with Gasteiger partial charge in [-0.1, -0.05) is 60.7 Å². The third kappa shape index (κ3) is 7.10. The Labute approximate surface area is 338 Å². The van der Waals surface area contributed by atoms with E-state index < -0.39 is 11.6 Å². The molecule has 5 aromatic rings. The van der Waals surface area contributed by atoms with Gasteiger partial charge in [0.15, 0.2) is 5.60 Å². The third-order valence-electron chi connectivity index (χ3n) is 9.00. The second-order valence-corrected chi connectivity index (χ2v) is 15.8. The average molecular weight is 952 g/mol. The van der Waals surface area contributed by atoms with Crippen molar-refractivity contribution in [1.29, 1.82) is 0 Å². The molecule has 1 aliphatic rings. The monoisotopic (exact) mass is 948 g/mol. The summed E-state index contributed by atoms with van der Waals surface area (Å²) in [4.78, 5) is 18.5. The lowest BCUT2D eigenvalue weighted by molar-refractivity contribution is 0.0298. The third-order valence-corrected chi connectivity index (χ3v) is 13.8. The maximum absolute atomic E-state index is 14.3. The van der Waals surface area contributed by atoms with E-state index in [9.17, 15) is 4.79 Å². The molecule has 0 atom stereocenters. The van der Waals surface area contributed by atoms with Crippen molar-refractivity contribution in [2.75, 3.05) is 52.2 Å². The normalized spacial score (nSPS) is 15.6. The molecule has 0 radical (unpaired) electrons. The summed E-state index contributed by atoms with van der Waals surface area (Å²) in [5.41, 5.74) is 7.11. The molecule has 1 heterocycles. The Morgan fingerprint density at radius 1 is 0.596 bits per heavy atom. The van der Waals surface area contributed by atoms with Crippen molar-refractivity contribution in [1.82, 2.24) is 0 Å². The maximum atomic E-state index is 14.3. The summed E-state index contributed by atoms with van der Waals surface area (Å²) in [6.45, 7) is 0. The highest BCUT2D eigenvalue weighted by molar-refractivity contribution is 9.15. The van der Waals surface area contributed by atoms with E-state index in [1.54, 1.807) is 14.2 Å². The van der Waals surface area contributed by atoms with Crippen LogP contribution in [0.5, 0.6) is 11.5 Å². The van der Waals surface area contributed by atoms with Gasteiger partial charge in [0.05, 0.1) is 19.8 Å². The molecule has 0 bridgehead atoms. The van der Waals surface area contributed by atoms with Gasteiger partial charge in [0.25, 0.3) is 0 Å². The van der Waals surface area contributed by atoms with Crippen molar-refractivity contribution in [2.24, 2.45) is 0 Å². The molecule has 52 heavy (non-hydrogen) atoms. The molecule has 0 spiro atoms. The van der Waals surface area contributed by atoms with Gasteiger partial charge in [0.1, 0.15) is 11.5 Å². The van der Waals surface area contributed by atoms with Crippen LogP contribution in [0.2, 0.25) is 0 Å². The number of nitrogens with zero attached hydrogens (tertiary/aromatic N) is 2. The Balaban J connectivity index is 1.81. The largest absolute Gasteiger partial charge is 0.497 e. The van der Waals surface area contributed by atoms with Crippen LogP contribution in [0, 0.1) is 0 Å². The first-order chi connectivity index (χ1) is 24.9. The van der Waals surface area contributed by atoms with Crippen LogP contribution in [0.4, 0.5) is 11.4 Å². The molecular weight excluding hydrogens is 916 g/mol. The van der Waals surface area contributed by atoms with E-state index in [-0.39, 0.29) is 0 Å². The summed E-state index contributed by atoms with van der Waals surface area (Å²) in [5, 5.41) is 0. The number of halogens is 4. The number of esters is 1. The van der Waals surface area contributed by atoms with Gasteiger partial charge in [-0.25, -0.2) is 4.79 Å². The van der Waals surface area contributed by atoms with E-state index in [1.807, 2.05) is 101 Å². The number of benzene rings is 5. The molecule has 0 aromatic heterocycles. The van der Waals surface area contributed by atoms with Gasteiger partial charge in [0.2, 0.25) is 0 Å². The smallest absolute Gasteiger partial charge is 0.341 e. The van der Waals surface area contributed by atoms with E-state index in [0.717, 1.165) is 60.7 Å². The van der Waals surface area contributed by atoms with Gasteiger partial charge >= 0.3 is 5.97 Å². The molecular formula is C42H36Br4N2O4. The number of hydrogen-bond donors (Lipinski definition) is 0. The van der Waals surface area contributed by atoms with Crippen LogP contribution >= 0.6 is 63.7 Å². The van der Waals surface area contributed by atoms with Crippen molar-refractivity contribution >= 4 is 92.2 Å². The number of hydrogen-bond acceptors (Lipinski definition) is 6. The lowest BCUT2D eigenvalue weighted by Gasteiger charge is -2.29. The fourth-order valence-electron chi connectivity index (χ4n) is 6.48. The zero-order valence-electron chi connectivity index (χ0n) is 29.4. The SMILES string of the molecule is COc1ccc(C(=CC2(C=C(c3ccc(OC)cc3)c3ccccc3N(C)C)OC(=O)c3c(Br)c(Br)c(Br)c(Br)c32)c2ccccc2N(C)C)cc1. The lowest BCUT2D eigenvalue weighted by atomic mass is 9.82. The lowest BCUT2D eigenvalue weighted by Crippen LogP contribution is -2.24. The van der Waals surface area contributed by atoms with E-state index >= 15 is 0 Å². The van der Waals surface area contributed by atoms with E-state index in [1.165, 1.54) is 0 Å². The Morgan fingerprint density at radius 3 is 1.40 bits per heavy atom. The van der Waals surface area contributed by atoms with Gasteiger partial charge in [-0.3, -0.25) is 0 Å². The van der Waals surface area contributed by atoms with E-state index in [2.05, 4.69) is 110 Å². The molecule has 0 N–H and O–H groups in total. The quantitative estimate of drug-likeness (QED) is 0.0790. The summed E-state index contributed by atoms with van der Waals surface area (Å²) in [5.74, 6) is 1.01. The van der Waals surface area contributed by atoms with Crippen molar-refractivity contribution < 1.29 is 19.0 Å². The van der Waals surface area contributed by atoms with Gasteiger partial charge in [-0.2, -0.15) is 0 Å². The molecule has 0 saturated heterocycles. The van der Waals surface area contributed by atoms with E-state index in [4.69, 9.17) is 14.2 Å². The van der Waals surface area contributed by atoms with Crippen LogP contribution in [0.25, 0.3) is 11.1 Å². The summed E-state index contributed by atoms with van der Waals surface area (Å²) in [6, 6.07) is 32.3. The zero-order valence-corrected chi connectivity index (χ0v) is 35.8. The highest BCUT2D eigenvalue weighted by Crippen LogP contribution is 2.54. The van der Waals surface area contributed by atoms with Crippen molar-refractivity contribution in [3.05, 3.63) is 160 Å². The molecule has 266 valence electrons. The summed E-state index contributed by atoms with van der Waals surface area (Å²) >= 11 is 15.1. The van der Waals surface area contributed by atoms with Crippen LogP contribution in [-0.2, 0) is 10.3 Å². The van der Waals surface area contributed by atoms with Crippen molar-refractivity contribution in [2.45, 2.75) is 5.60 Å². The van der Waals surface area contributed by atoms with Crippen LogP contribution in [-0.4, -0.2) is 48.4 Å². The molecule has 1 aliphatic heterocycles. The minimum absolute atomic E-state index is 0.416. The summed E-state index contributed by atoms with van der Waals surface area (Å²) < 4.78 is 20.5. The number of ether oxygens (including phenoxy) is 3.